The van der Waals surface area contributed by atoms with E-state index < -0.39 is 11.3 Å². The summed E-state index contributed by atoms with van der Waals surface area (Å²) >= 11 is 5.62. The summed E-state index contributed by atoms with van der Waals surface area (Å²) in [7, 11) is 0. The van der Waals surface area contributed by atoms with Gasteiger partial charge in [-0.25, -0.2) is 0 Å². The SMILES string of the molecule is O=C(NC(Cc1ccccc1)C(=O)Cl)C1CCCCC1. The zero-order chi connectivity index (χ0) is 14.4. The Labute approximate surface area is 124 Å². The summed E-state index contributed by atoms with van der Waals surface area (Å²) < 4.78 is 0. The van der Waals surface area contributed by atoms with Gasteiger partial charge >= 0.3 is 0 Å². The van der Waals surface area contributed by atoms with E-state index >= 15 is 0 Å². The molecule has 4 heteroatoms. The fourth-order valence-corrected chi connectivity index (χ4v) is 2.82. The van der Waals surface area contributed by atoms with Crippen molar-refractivity contribution >= 4 is 22.8 Å². The maximum atomic E-state index is 12.2. The standard InChI is InChI=1S/C16H20ClNO2/c17-15(19)14(11-12-7-3-1-4-8-12)18-16(20)13-9-5-2-6-10-13/h1,3-4,7-8,13-14H,2,5-6,9-11H2,(H,18,20). The maximum absolute atomic E-state index is 12.2. The first-order valence-electron chi connectivity index (χ1n) is 7.20. The van der Waals surface area contributed by atoms with E-state index in [1.807, 2.05) is 30.3 Å². The molecule has 1 fully saturated rings. The van der Waals surface area contributed by atoms with Crippen LogP contribution in [0.1, 0.15) is 37.7 Å². The molecule has 1 saturated carbocycles. The van der Waals surface area contributed by atoms with E-state index in [1.54, 1.807) is 0 Å². The molecule has 1 atom stereocenters. The summed E-state index contributed by atoms with van der Waals surface area (Å²) in [6.07, 6.45) is 5.67. The van der Waals surface area contributed by atoms with Gasteiger partial charge in [0.05, 0.1) is 0 Å². The molecule has 0 bridgehead atoms. The average Bonchev–Trinajstić information content (AvgIpc) is 2.48. The van der Waals surface area contributed by atoms with Gasteiger partial charge in [0.1, 0.15) is 6.04 Å². The third kappa shape index (κ3) is 4.34. The van der Waals surface area contributed by atoms with Crippen LogP contribution in [0, 0.1) is 5.92 Å². The van der Waals surface area contributed by atoms with Crippen LogP contribution in [0.3, 0.4) is 0 Å². The van der Waals surface area contributed by atoms with Crippen molar-refractivity contribution in [2.45, 2.75) is 44.6 Å². The molecular formula is C16H20ClNO2. The predicted octanol–water partition coefficient (Wildman–Crippen LogP) is 3.06. The van der Waals surface area contributed by atoms with Crippen molar-refractivity contribution in [3.63, 3.8) is 0 Å². The average molecular weight is 294 g/mol. The van der Waals surface area contributed by atoms with Crippen LogP contribution in [0.15, 0.2) is 30.3 Å². The minimum absolute atomic E-state index is 0.0281. The number of amides is 1. The molecule has 2 rings (SSSR count). The van der Waals surface area contributed by atoms with Gasteiger partial charge in [-0.05, 0) is 30.0 Å². The lowest BCUT2D eigenvalue weighted by Gasteiger charge is -2.23. The van der Waals surface area contributed by atoms with Gasteiger partial charge in [0, 0.05) is 12.3 Å². The summed E-state index contributed by atoms with van der Waals surface area (Å²) in [5, 5.41) is 2.31. The van der Waals surface area contributed by atoms with E-state index in [4.69, 9.17) is 11.6 Å². The third-order valence-corrected chi connectivity index (χ3v) is 4.11. The quantitative estimate of drug-likeness (QED) is 0.848. The summed E-state index contributed by atoms with van der Waals surface area (Å²) in [6.45, 7) is 0. The molecule has 108 valence electrons. The molecule has 3 nitrogen and oxygen atoms in total. The molecule has 0 aliphatic heterocycles. The molecule has 0 aromatic heterocycles. The summed E-state index contributed by atoms with van der Waals surface area (Å²) in [6, 6.07) is 8.97. The molecule has 1 N–H and O–H groups in total. The molecular weight excluding hydrogens is 274 g/mol. The van der Waals surface area contributed by atoms with Gasteiger partial charge in [-0.3, -0.25) is 9.59 Å². The second kappa shape index (κ2) is 7.44. The summed E-state index contributed by atoms with van der Waals surface area (Å²) in [5.74, 6) is 0.0117. The van der Waals surface area contributed by atoms with Crippen LogP contribution in [0.4, 0.5) is 0 Å². The maximum Gasteiger partial charge on any atom is 0.244 e. The first-order chi connectivity index (χ1) is 9.66. The smallest absolute Gasteiger partial charge is 0.244 e. The highest BCUT2D eigenvalue weighted by Gasteiger charge is 2.25. The van der Waals surface area contributed by atoms with Crippen LogP contribution in [0.2, 0.25) is 0 Å². The van der Waals surface area contributed by atoms with Gasteiger partial charge in [-0.2, -0.15) is 0 Å². The van der Waals surface area contributed by atoms with E-state index in [2.05, 4.69) is 5.32 Å². The van der Waals surface area contributed by atoms with Gasteiger partial charge in [-0.15, -0.1) is 0 Å². The molecule has 0 spiro atoms. The molecule has 1 aromatic rings. The molecule has 1 unspecified atom stereocenters. The van der Waals surface area contributed by atoms with Gasteiger partial charge < -0.3 is 5.32 Å². The van der Waals surface area contributed by atoms with Crippen LogP contribution in [0.5, 0.6) is 0 Å². The number of rotatable bonds is 5. The fraction of sp³-hybridized carbons (Fsp3) is 0.500. The van der Waals surface area contributed by atoms with Gasteiger partial charge in [0.2, 0.25) is 11.1 Å². The topological polar surface area (TPSA) is 46.2 Å². The molecule has 20 heavy (non-hydrogen) atoms. The molecule has 1 aromatic carbocycles. The van der Waals surface area contributed by atoms with E-state index in [1.165, 1.54) is 6.42 Å². The number of hydrogen-bond donors (Lipinski definition) is 1. The summed E-state index contributed by atoms with van der Waals surface area (Å²) in [5.41, 5.74) is 0.996. The Bertz CT molecular complexity index is 455. The first kappa shape index (κ1) is 15.0. The lowest BCUT2D eigenvalue weighted by Crippen LogP contribution is -2.43. The highest BCUT2D eigenvalue weighted by atomic mass is 35.5. The molecule has 0 radical (unpaired) electrons. The van der Waals surface area contributed by atoms with Crippen molar-refractivity contribution in [1.29, 1.82) is 0 Å². The number of carbonyl (C=O) groups excluding carboxylic acids is 2. The van der Waals surface area contributed by atoms with Gasteiger partial charge in [0.25, 0.3) is 0 Å². The molecule has 0 saturated heterocycles. The van der Waals surface area contributed by atoms with E-state index in [0.717, 1.165) is 31.2 Å². The second-order valence-electron chi connectivity index (χ2n) is 5.39. The lowest BCUT2D eigenvalue weighted by atomic mass is 9.88. The van der Waals surface area contributed by atoms with Crippen LogP contribution < -0.4 is 5.32 Å². The van der Waals surface area contributed by atoms with Gasteiger partial charge in [0.15, 0.2) is 0 Å². The number of benzene rings is 1. The minimum atomic E-state index is -0.631. The van der Waals surface area contributed by atoms with E-state index in [0.29, 0.717) is 6.42 Å². The van der Waals surface area contributed by atoms with Crippen LogP contribution in [0.25, 0.3) is 0 Å². The zero-order valence-corrected chi connectivity index (χ0v) is 12.2. The van der Waals surface area contributed by atoms with Crippen molar-refractivity contribution in [2.24, 2.45) is 5.92 Å². The summed E-state index contributed by atoms with van der Waals surface area (Å²) in [4.78, 5) is 23.7. The first-order valence-corrected chi connectivity index (χ1v) is 7.58. The Morgan fingerprint density at radius 2 is 1.80 bits per heavy atom. The second-order valence-corrected chi connectivity index (χ2v) is 5.76. The Morgan fingerprint density at radius 1 is 1.15 bits per heavy atom. The number of carbonyl (C=O) groups is 2. The minimum Gasteiger partial charge on any atom is -0.344 e. The molecule has 1 aliphatic rings. The third-order valence-electron chi connectivity index (χ3n) is 3.85. The Hall–Kier alpha value is -1.35. The fourth-order valence-electron chi connectivity index (χ4n) is 2.69. The van der Waals surface area contributed by atoms with Crippen molar-refractivity contribution < 1.29 is 9.59 Å². The highest BCUT2D eigenvalue weighted by Crippen LogP contribution is 2.24. The zero-order valence-electron chi connectivity index (χ0n) is 11.5. The monoisotopic (exact) mass is 293 g/mol. The molecule has 0 heterocycles. The van der Waals surface area contributed by atoms with Crippen molar-refractivity contribution in [2.75, 3.05) is 0 Å². The Morgan fingerprint density at radius 3 is 2.40 bits per heavy atom. The number of hydrogen-bond acceptors (Lipinski definition) is 2. The van der Waals surface area contributed by atoms with Crippen LogP contribution in [-0.2, 0) is 16.0 Å². The highest BCUT2D eigenvalue weighted by molar-refractivity contribution is 6.64. The van der Waals surface area contributed by atoms with Gasteiger partial charge in [-0.1, -0.05) is 49.6 Å². The van der Waals surface area contributed by atoms with E-state index in [9.17, 15) is 9.59 Å². The van der Waals surface area contributed by atoms with E-state index in [-0.39, 0.29) is 11.8 Å². The van der Waals surface area contributed by atoms with Crippen molar-refractivity contribution in [1.82, 2.24) is 5.32 Å². The van der Waals surface area contributed by atoms with Crippen molar-refractivity contribution in [3.05, 3.63) is 35.9 Å². The number of halogens is 1. The lowest BCUT2D eigenvalue weighted by molar-refractivity contribution is -0.128. The predicted molar refractivity (Wildman–Crippen MR) is 79.5 cm³/mol. The molecule has 1 aliphatic carbocycles. The number of nitrogens with one attached hydrogen (secondary N) is 1. The van der Waals surface area contributed by atoms with Crippen LogP contribution in [-0.4, -0.2) is 17.2 Å². The molecule has 1 amide bonds. The van der Waals surface area contributed by atoms with Crippen LogP contribution >= 0.6 is 11.6 Å². The van der Waals surface area contributed by atoms with Crippen molar-refractivity contribution in [3.8, 4) is 0 Å². The normalized spacial score (nSPS) is 17.4. The Balaban J connectivity index is 1.95. The Kier molecular flexibility index (Phi) is 5.60. The largest absolute Gasteiger partial charge is 0.344 e.